The number of benzene rings is 1. The first kappa shape index (κ1) is 12.3. The summed E-state index contributed by atoms with van der Waals surface area (Å²) in [4.78, 5) is 15.7. The second-order valence-corrected chi connectivity index (χ2v) is 4.05. The largest absolute Gasteiger partial charge is 0.462 e. The molecule has 1 aromatic heterocycles. The molecule has 0 saturated carbocycles. The Kier molecular flexibility index (Phi) is 3.72. The highest BCUT2D eigenvalue weighted by Crippen LogP contribution is 2.20. The van der Waals surface area contributed by atoms with Gasteiger partial charge in [-0.15, -0.1) is 0 Å². The molecule has 0 aliphatic carbocycles. The van der Waals surface area contributed by atoms with E-state index in [1.165, 1.54) is 11.8 Å². The summed E-state index contributed by atoms with van der Waals surface area (Å²) in [6, 6.07) is 9.90. The smallest absolute Gasteiger partial charge is 0.339 e. The minimum atomic E-state index is -0.334. The summed E-state index contributed by atoms with van der Waals surface area (Å²) in [5.74, 6) is -0.334. The molecule has 0 aliphatic heterocycles. The fourth-order valence-corrected chi connectivity index (χ4v) is 1.67. The van der Waals surface area contributed by atoms with E-state index in [1.54, 1.807) is 19.2 Å². The number of aryl methyl sites for hydroxylation is 1. The molecular formula is C15H15NO2. The van der Waals surface area contributed by atoms with Crippen molar-refractivity contribution >= 4 is 5.97 Å². The van der Waals surface area contributed by atoms with E-state index in [2.05, 4.69) is 4.98 Å². The summed E-state index contributed by atoms with van der Waals surface area (Å²) in [6.07, 6.45) is 3.27. The molecule has 3 heteroatoms. The van der Waals surface area contributed by atoms with Crippen molar-refractivity contribution in [3.8, 4) is 11.1 Å². The number of nitrogens with zero attached hydrogens (tertiary/aromatic N) is 1. The Morgan fingerprint density at radius 2 is 1.89 bits per heavy atom. The minimum absolute atomic E-state index is 0.334. The number of pyridine rings is 1. The summed E-state index contributed by atoms with van der Waals surface area (Å²) in [5, 5.41) is 0. The number of hydrogen-bond donors (Lipinski definition) is 0. The summed E-state index contributed by atoms with van der Waals surface area (Å²) in [6.45, 7) is 4.19. The van der Waals surface area contributed by atoms with E-state index in [-0.39, 0.29) is 5.97 Å². The van der Waals surface area contributed by atoms with E-state index >= 15 is 0 Å². The van der Waals surface area contributed by atoms with Crippen LogP contribution in [0.2, 0.25) is 0 Å². The Bertz CT molecular complexity index is 547. The SMILES string of the molecule is CCOC(=O)c1cncc(-c2ccc(C)cc2)c1. The van der Waals surface area contributed by atoms with Crippen molar-refractivity contribution in [1.29, 1.82) is 0 Å². The topological polar surface area (TPSA) is 39.2 Å². The van der Waals surface area contributed by atoms with Crippen molar-refractivity contribution in [1.82, 2.24) is 4.98 Å². The number of esters is 1. The van der Waals surface area contributed by atoms with Crippen LogP contribution in [0.25, 0.3) is 11.1 Å². The molecule has 2 aromatic rings. The van der Waals surface area contributed by atoms with Gasteiger partial charge in [0.25, 0.3) is 0 Å². The van der Waals surface area contributed by atoms with Crippen LogP contribution in [0.3, 0.4) is 0 Å². The lowest BCUT2D eigenvalue weighted by atomic mass is 10.0. The van der Waals surface area contributed by atoms with Gasteiger partial charge in [-0.05, 0) is 25.5 Å². The van der Waals surface area contributed by atoms with Crippen molar-refractivity contribution in [3.05, 3.63) is 53.9 Å². The molecule has 3 nitrogen and oxygen atoms in total. The lowest BCUT2D eigenvalue weighted by molar-refractivity contribution is 0.0526. The Hall–Kier alpha value is -2.16. The zero-order chi connectivity index (χ0) is 13.0. The third kappa shape index (κ3) is 2.74. The van der Waals surface area contributed by atoms with Crippen molar-refractivity contribution in [2.24, 2.45) is 0 Å². The summed E-state index contributed by atoms with van der Waals surface area (Å²) in [7, 11) is 0. The molecule has 2 rings (SSSR count). The Morgan fingerprint density at radius 3 is 2.56 bits per heavy atom. The fraction of sp³-hybridized carbons (Fsp3) is 0.200. The maximum atomic E-state index is 11.6. The number of hydrogen-bond acceptors (Lipinski definition) is 3. The molecule has 0 atom stereocenters. The Morgan fingerprint density at radius 1 is 1.17 bits per heavy atom. The van der Waals surface area contributed by atoms with Crippen LogP contribution >= 0.6 is 0 Å². The van der Waals surface area contributed by atoms with Gasteiger partial charge in [-0.1, -0.05) is 29.8 Å². The zero-order valence-corrected chi connectivity index (χ0v) is 10.5. The summed E-state index contributed by atoms with van der Waals surface area (Å²) < 4.78 is 4.96. The van der Waals surface area contributed by atoms with Gasteiger partial charge in [0.15, 0.2) is 0 Å². The van der Waals surface area contributed by atoms with Crippen LogP contribution in [0.4, 0.5) is 0 Å². The van der Waals surface area contributed by atoms with Gasteiger partial charge in [0.2, 0.25) is 0 Å². The van der Waals surface area contributed by atoms with Crippen molar-refractivity contribution in [3.63, 3.8) is 0 Å². The summed E-state index contributed by atoms with van der Waals surface area (Å²) >= 11 is 0. The maximum Gasteiger partial charge on any atom is 0.339 e. The minimum Gasteiger partial charge on any atom is -0.462 e. The molecule has 18 heavy (non-hydrogen) atoms. The highest BCUT2D eigenvalue weighted by atomic mass is 16.5. The Balaban J connectivity index is 2.32. The van der Waals surface area contributed by atoms with Crippen LogP contribution < -0.4 is 0 Å². The highest BCUT2D eigenvalue weighted by Gasteiger charge is 2.08. The zero-order valence-electron chi connectivity index (χ0n) is 10.5. The van der Waals surface area contributed by atoms with Gasteiger partial charge in [-0.2, -0.15) is 0 Å². The van der Waals surface area contributed by atoms with Crippen LogP contribution in [0.15, 0.2) is 42.7 Å². The molecule has 0 bridgehead atoms. The molecule has 0 spiro atoms. The number of aromatic nitrogens is 1. The van der Waals surface area contributed by atoms with E-state index in [1.807, 2.05) is 31.2 Å². The van der Waals surface area contributed by atoms with Gasteiger partial charge in [0.05, 0.1) is 12.2 Å². The van der Waals surface area contributed by atoms with Crippen molar-refractivity contribution in [2.45, 2.75) is 13.8 Å². The second-order valence-electron chi connectivity index (χ2n) is 4.05. The van der Waals surface area contributed by atoms with Gasteiger partial charge >= 0.3 is 5.97 Å². The molecule has 0 fully saturated rings. The van der Waals surface area contributed by atoms with Gasteiger partial charge in [0.1, 0.15) is 0 Å². The predicted octanol–water partition coefficient (Wildman–Crippen LogP) is 3.23. The standard InChI is InChI=1S/C15H15NO2/c1-3-18-15(17)14-8-13(9-16-10-14)12-6-4-11(2)5-7-12/h4-10H,3H2,1-2H3. The quantitative estimate of drug-likeness (QED) is 0.774. The molecule has 1 aromatic carbocycles. The first-order chi connectivity index (χ1) is 8.70. The first-order valence-electron chi connectivity index (χ1n) is 5.90. The van der Waals surface area contributed by atoms with Crippen LogP contribution in [-0.2, 0) is 4.74 Å². The monoisotopic (exact) mass is 241 g/mol. The van der Waals surface area contributed by atoms with Gasteiger partial charge in [-0.25, -0.2) is 4.79 Å². The average molecular weight is 241 g/mol. The van der Waals surface area contributed by atoms with E-state index in [4.69, 9.17) is 4.74 Å². The molecule has 0 aliphatic rings. The van der Waals surface area contributed by atoms with Crippen LogP contribution in [0.1, 0.15) is 22.8 Å². The molecule has 0 amide bonds. The molecule has 92 valence electrons. The molecule has 0 saturated heterocycles. The van der Waals surface area contributed by atoms with Crippen molar-refractivity contribution < 1.29 is 9.53 Å². The second kappa shape index (κ2) is 5.45. The first-order valence-corrected chi connectivity index (χ1v) is 5.90. The van der Waals surface area contributed by atoms with Crippen LogP contribution in [0.5, 0.6) is 0 Å². The van der Waals surface area contributed by atoms with Gasteiger partial charge < -0.3 is 4.74 Å². The lowest BCUT2D eigenvalue weighted by Gasteiger charge is -2.05. The summed E-state index contributed by atoms with van der Waals surface area (Å²) in [5.41, 5.74) is 3.64. The molecular weight excluding hydrogens is 226 g/mol. The predicted molar refractivity (Wildman–Crippen MR) is 70.4 cm³/mol. The van der Waals surface area contributed by atoms with Gasteiger partial charge in [-0.3, -0.25) is 4.98 Å². The number of carbonyl (C=O) groups excluding carboxylic acids is 1. The van der Waals surface area contributed by atoms with E-state index in [9.17, 15) is 4.79 Å². The van der Waals surface area contributed by atoms with E-state index in [0.717, 1.165) is 11.1 Å². The van der Waals surface area contributed by atoms with Crippen molar-refractivity contribution in [2.75, 3.05) is 6.61 Å². The molecule has 0 radical (unpaired) electrons. The highest BCUT2D eigenvalue weighted by molar-refractivity contribution is 5.90. The lowest BCUT2D eigenvalue weighted by Crippen LogP contribution is -2.05. The molecule has 0 unspecified atom stereocenters. The number of carbonyl (C=O) groups is 1. The molecule has 1 heterocycles. The third-order valence-corrected chi connectivity index (χ3v) is 2.63. The van der Waals surface area contributed by atoms with Gasteiger partial charge in [0, 0.05) is 18.0 Å². The van der Waals surface area contributed by atoms with Crippen LogP contribution in [0, 0.1) is 6.92 Å². The average Bonchev–Trinajstić information content (AvgIpc) is 2.40. The molecule has 0 N–H and O–H groups in total. The normalized spacial score (nSPS) is 10.1. The van der Waals surface area contributed by atoms with Crippen LogP contribution in [-0.4, -0.2) is 17.6 Å². The maximum absolute atomic E-state index is 11.6. The number of ether oxygens (including phenoxy) is 1. The number of rotatable bonds is 3. The Labute approximate surface area is 106 Å². The third-order valence-electron chi connectivity index (χ3n) is 2.63. The fourth-order valence-electron chi connectivity index (χ4n) is 1.67. The van der Waals surface area contributed by atoms with E-state index < -0.39 is 0 Å². The van der Waals surface area contributed by atoms with E-state index in [0.29, 0.717) is 12.2 Å².